The number of rotatable bonds is 4. The van der Waals surface area contributed by atoms with Gasteiger partial charge in [0.05, 0.1) is 18.9 Å². The Hall–Kier alpha value is -1.89. The topological polar surface area (TPSA) is 93.6 Å². The van der Waals surface area contributed by atoms with Crippen LogP contribution in [0.2, 0.25) is 0 Å². The number of hydrogen-bond donors (Lipinski definition) is 2. The van der Waals surface area contributed by atoms with Gasteiger partial charge in [-0.1, -0.05) is 0 Å². The van der Waals surface area contributed by atoms with Crippen molar-refractivity contribution >= 4 is 11.8 Å². The van der Waals surface area contributed by atoms with Crippen molar-refractivity contribution in [2.24, 2.45) is 0 Å². The zero-order valence-corrected chi connectivity index (χ0v) is 11.6. The average molecular weight is 269 g/mol. The van der Waals surface area contributed by atoms with Crippen LogP contribution in [0.1, 0.15) is 33.4 Å². The molecule has 19 heavy (non-hydrogen) atoms. The van der Waals surface area contributed by atoms with Gasteiger partial charge < -0.3 is 14.6 Å². The minimum Gasteiger partial charge on any atom is -0.475 e. The van der Waals surface area contributed by atoms with E-state index in [1.54, 1.807) is 27.7 Å². The van der Waals surface area contributed by atoms with Crippen molar-refractivity contribution in [2.45, 2.75) is 39.9 Å². The Kier molecular flexibility index (Phi) is 5.05. The van der Waals surface area contributed by atoms with Crippen molar-refractivity contribution in [3.63, 3.8) is 0 Å². The molecule has 7 heteroatoms. The van der Waals surface area contributed by atoms with E-state index in [1.165, 1.54) is 6.07 Å². The lowest BCUT2D eigenvalue weighted by Gasteiger charge is -2.20. The van der Waals surface area contributed by atoms with Gasteiger partial charge in [-0.2, -0.15) is 0 Å². The first kappa shape index (κ1) is 15.2. The summed E-state index contributed by atoms with van der Waals surface area (Å²) >= 11 is 0. The number of carbonyl (C=O) groups is 1. The number of aliphatic hydroxyl groups excluding tert-OH is 1. The molecule has 0 saturated heterocycles. The highest BCUT2D eigenvalue weighted by molar-refractivity contribution is 5.86. The maximum Gasteiger partial charge on any atom is 0.412 e. The van der Waals surface area contributed by atoms with Gasteiger partial charge in [0.1, 0.15) is 11.3 Å². The molecule has 7 nitrogen and oxygen atoms in total. The molecule has 0 bridgehead atoms. The van der Waals surface area contributed by atoms with Gasteiger partial charge in [-0.15, -0.1) is 10.2 Å². The monoisotopic (exact) mass is 269 g/mol. The summed E-state index contributed by atoms with van der Waals surface area (Å²) in [7, 11) is 0. The van der Waals surface area contributed by atoms with E-state index in [1.807, 2.05) is 0 Å². The van der Waals surface area contributed by atoms with E-state index in [4.69, 9.17) is 14.6 Å². The lowest BCUT2D eigenvalue weighted by Crippen LogP contribution is -2.27. The van der Waals surface area contributed by atoms with Crippen molar-refractivity contribution in [1.29, 1.82) is 0 Å². The van der Waals surface area contributed by atoms with E-state index in [9.17, 15) is 4.79 Å². The highest BCUT2D eigenvalue weighted by Crippen LogP contribution is 2.22. The standard InChI is InChI=1S/C12H19N3O4/c1-5-18-10-9(6-8(7-16)14-15-10)13-11(17)19-12(2,3)4/h6,16H,5,7H2,1-4H3,(H,13,14,17). The summed E-state index contributed by atoms with van der Waals surface area (Å²) < 4.78 is 10.4. The largest absolute Gasteiger partial charge is 0.475 e. The molecule has 0 atom stereocenters. The summed E-state index contributed by atoms with van der Waals surface area (Å²) in [6.45, 7) is 7.19. The van der Waals surface area contributed by atoms with E-state index >= 15 is 0 Å². The molecule has 0 aliphatic carbocycles. The number of aromatic nitrogens is 2. The normalized spacial score (nSPS) is 11.0. The predicted molar refractivity (Wildman–Crippen MR) is 69.0 cm³/mol. The molecule has 0 saturated carbocycles. The van der Waals surface area contributed by atoms with Crippen LogP contribution in [0.25, 0.3) is 0 Å². The highest BCUT2D eigenvalue weighted by atomic mass is 16.6. The minimum atomic E-state index is -0.620. The third-order valence-corrected chi connectivity index (χ3v) is 1.89. The highest BCUT2D eigenvalue weighted by Gasteiger charge is 2.18. The van der Waals surface area contributed by atoms with Crippen LogP contribution in [0, 0.1) is 0 Å². The molecule has 0 spiro atoms. The molecule has 1 amide bonds. The number of anilines is 1. The molecule has 1 heterocycles. The van der Waals surface area contributed by atoms with Crippen molar-refractivity contribution in [1.82, 2.24) is 10.2 Å². The van der Waals surface area contributed by atoms with Crippen molar-refractivity contribution in [2.75, 3.05) is 11.9 Å². The van der Waals surface area contributed by atoms with E-state index < -0.39 is 11.7 Å². The number of hydrogen-bond acceptors (Lipinski definition) is 6. The fraction of sp³-hybridized carbons (Fsp3) is 0.583. The number of nitrogens with one attached hydrogen (secondary N) is 1. The first-order valence-electron chi connectivity index (χ1n) is 5.96. The maximum absolute atomic E-state index is 11.7. The van der Waals surface area contributed by atoms with Gasteiger partial charge in [-0.3, -0.25) is 5.32 Å². The second-order valence-corrected chi connectivity index (χ2v) is 4.77. The van der Waals surface area contributed by atoms with Crippen LogP contribution < -0.4 is 10.1 Å². The molecule has 0 radical (unpaired) electrons. The van der Waals surface area contributed by atoms with E-state index in [-0.39, 0.29) is 12.5 Å². The number of ether oxygens (including phenoxy) is 2. The summed E-state index contributed by atoms with van der Waals surface area (Å²) in [5.74, 6) is 0.186. The smallest absolute Gasteiger partial charge is 0.412 e. The zero-order chi connectivity index (χ0) is 14.5. The number of aliphatic hydroxyl groups is 1. The molecule has 1 aromatic rings. The van der Waals surface area contributed by atoms with Gasteiger partial charge in [0.15, 0.2) is 0 Å². The van der Waals surface area contributed by atoms with Gasteiger partial charge in [-0.05, 0) is 33.8 Å². The van der Waals surface area contributed by atoms with Gasteiger partial charge in [-0.25, -0.2) is 4.79 Å². The number of nitrogens with zero attached hydrogens (tertiary/aromatic N) is 2. The fourth-order valence-electron chi connectivity index (χ4n) is 1.24. The number of amides is 1. The Morgan fingerprint density at radius 1 is 1.42 bits per heavy atom. The van der Waals surface area contributed by atoms with Gasteiger partial charge >= 0.3 is 6.09 Å². The average Bonchev–Trinajstić information content (AvgIpc) is 2.29. The van der Waals surface area contributed by atoms with Crippen LogP contribution >= 0.6 is 0 Å². The molecule has 2 N–H and O–H groups in total. The second-order valence-electron chi connectivity index (χ2n) is 4.77. The molecular weight excluding hydrogens is 250 g/mol. The van der Waals surface area contributed by atoms with Crippen LogP contribution in [0.4, 0.5) is 10.5 Å². The zero-order valence-electron chi connectivity index (χ0n) is 11.6. The van der Waals surface area contributed by atoms with Crippen molar-refractivity contribution in [3.05, 3.63) is 11.8 Å². The summed E-state index contributed by atoms with van der Waals surface area (Å²) in [6, 6.07) is 1.49. The van der Waals surface area contributed by atoms with E-state index in [0.717, 1.165) is 0 Å². The van der Waals surface area contributed by atoms with E-state index in [0.29, 0.717) is 18.0 Å². The molecule has 0 aromatic carbocycles. The molecule has 0 fully saturated rings. The Morgan fingerprint density at radius 3 is 2.63 bits per heavy atom. The first-order chi connectivity index (χ1) is 8.85. The number of carbonyl (C=O) groups excluding carboxylic acids is 1. The minimum absolute atomic E-state index is 0.186. The Labute approximate surface area is 111 Å². The Balaban J connectivity index is 2.87. The first-order valence-corrected chi connectivity index (χ1v) is 5.96. The summed E-state index contributed by atoms with van der Waals surface area (Å²) in [4.78, 5) is 11.7. The molecule has 106 valence electrons. The lowest BCUT2D eigenvalue weighted by molar-refractivity contribution is 0.0635. The Morgan fingerprint density at radius 2 is 2.11 bits per heavy atom. The van der Waals surface area contributed by atoms with Crippen molar-refractivity contribution < 1.29 is 19.4 Å². The van der Waals surface area contributed by atoms with E-state index in [2.05, 4.69) is 15.5 Å². The molecule has 0 unspecified atom stereocenters. The Bertz CT molecular complexity index is 443. The van der Waals surface area contributed by atoms with Crippen LogP contribution in [-0.4, -0.2) is 33.6 Å². The third kappa shape index (κ3) is 5.09. The molecule has 1 aromatic heterocycles. The third-order valence-electron chi connectivity index (χ3n) is 1.89. The summed E-state index contributed by atoms with van der Waals surface area (Å²) in [5.41, 5.74) is 0.0421. The molecular formula is C12H19N3O4. The molecule has 0 aliphatic heterocycles. The quantitative estimate of drug-likeness (QED) is 0.864. The van der Waals surface area contributed by atoms with Crippen molar-refractivity contribution in [3.8, 4) is 5.88 Å². The summed E-state index contributed by atoms with van der Waals surface area (Å²) in [5, 5.41) is 19.1. The van der Waals surface area contributed by atoms with Crippen LogP contribution in [0.3, 0.4) is 0 Å². The van der Waals surface area contributed by atoms with Gasteiger partial charge in [0, 0.05) is 0 Å². The predicted octanol–water partition coefficient (Wildman–Crippen LogP) is 1.71. The van der Waals surface area contributed by atoms with Gasteiger partial charge in [0.2, 0.25) is 0 Å². The SMILES string of the molecule is CCOc1nnc(CO)cc1NC(=O)OC(C)(C)C. The maximum atomic E-state index is 11.7. The van der Waals surface area contributed by atoms with Crippen LogP contribution in [0.5, 0.6) is 5.88 Å². The molecule has 0 aliphatic rings. The second kappa shape index (κ2) is 6.33. The lowest BCUT2D eigenvalue weighted by atomic mass is 10.2. The van der Waals surface area contributed by atoms with Crippen LogP contribution in [0.15, 0.2) is 6.07 Å². The fourth-order valence-corrected chi connectivity index (χ4v) is 1.24. The summed E-state index contributed by atoms with van der Waals surface area (Å²) in [6.07, 6.45) is -0.620. The molecule has 1 rings (SSSR count). The van der Waals surface area contributed by atoms with Crippen LogP contribution in [-0.2, 0) is 11.3 Å². The van der Waals surface area contributed by atoms with Gasteiger partial charge in [0.25, 0.3) is 5.88 Å².